The second kappa shape index (κ2) is 6.12. The molecule has 0 bridgehead atoms. The Morgan fingerprint density at radius 3 is 2.76 bits per heavy atom. The highest BCUT2D eigenvalue weighted by Gasteiger charge is 2.21. The summed E-state index contributed by atoms with van der Waals surface area (Å²) in [6.45, 7) is 0. The topological polar surface area (TPSA) is 61.0 Å². The number of ether oxygens (including phenoxy) is 1. The molecule has 0 spiro atoms. The quantitative estimate of drug-likeness (QED) is 0.931. The molecule has 110 valence electrons. The fourth-order valence-corrected chi connectivity index (χ4v) is 3.12. The van der Waals surface area contributed by atoms with Crippen molar-refractivity contribution in [1.82, 2.24) is 9.97 Å². The Balaban J connectivity index is 2.04. The molecular weight excluding hydrogens is 262 g/mol. The van der Waals surface area contributed by atoms with E-state index < -0.39 is 0 Å². The molecule has 1 fully saturated rings. The van der Waals surface area contributed by atoms with E-state index in [1.807, 2.05) is 24.4 Å². The van der Waals surface area contributed by atoms with E-state index in [0.717, 1.165) is 17.0 Å². The Morgan fingerprint density at radius 1 is 1.19 bits per heavy atom. The molecule has 1 heterocycles. The summed E-state index contributed by atoms with van der Waals surface area (Å²) in [5, 5.41) is 0. The van der Waals surface area contributed by atoms with Crippen molar-refractivity contribution < 1.29 is 4.74 Å². The maximum absolute atomic E-state index is 5.81. The molecule has 0 saturated heterocycles. The van der Waals surface area contributed by atoms with Crippen molar-refractivity contribution in [2.45, 2.75) is 38.0 Å². The highest BCUT2D eigenvalue weighted by molar-refractivity contribution is 5.66. The summed E-state index contributed by atoms with van der Waals surface area (Å²) in [4.78, 5) is 8.72. The first-order valence-corrected chi connectivity index (χ1v) is 7.55. The Labute approximate surface area is 125 Å². The summed E-state index contributed by atoms with van der Waals surface area (Å²) in [7, 11) is 1.68. The number of nitrogen functional groups attached to an aromatic ring is 1. The first-order chi connectivity index (χ1) is 10.3. The standard InChI is InChI=1S/C17H21N3O/c1-21-14-9-5-8-13(10-14)16-15(11-19-17(18)20-16)12-6-3-2-4-7-12/h5,8-12H,2-4,6-7H2,1H3,(H2,18,19,20). The number of aromatic nitrogens is 2. The van der Waals surface area contributed by atoms with Crippen molar-refractivity contribution in [3.05, 3.63) is 36.0 Å². The van der Waals surface area contributed by atoms with E-state index in [1.54, 1.807) is 7.11 Å². The second-order valence-corrected chi connectivity index (χ2v) is 5.60. The Hall–Kier alpha value is -2.10. The number of hydrogen-bond acceptors (Lipinski definition) is 4. The monoisotopic (exact) mass is 283 g/mol. The molecule has 0 radical (unpaired) electrons. The summed E-state index contributed by atoms with van der Waals surface area (Å²) in [5.74, 6) is 1.70. The third-order valence-electron chi connectivity index (χ3n) is 4.22. The van der Waals surface area contributed by atoms with E-state index in [4.69, 9.17) is 10.5 Å². The van der Waals surface area contributed by atoms with Crippen molar-refractivity contribution in [3.63, 3.8) is 0 Å². The summed E-state index contributed by atoms with van der Waals surface area (Å²) in [6.07, 6.45) is 8.24. The highest BCUT2D eigenvalue weighted by atomic mass is 16.5. The summed E-state index contributed by atoms with van der Waals surface area (Å²) >= 11 is 0. The van der Waals surface area contributed by atoms with Crippen molar-refractivity contribution in [3.8, 4) is 17.0 Å². The molecule has 1 aliphatic carbocycles. The van der Waals surface area contributed by atoms with Crippen LogP contribution in [0.5, 0.6) is 5.75 Å². The largest absolute Gasteiger partial charge is 0.497 e. The van der Waals surface area contributed by atoms with Crippen molar-refractivity contribution >= 4 is 5.95 Å². The van der Waals surface area contributed by atoms with Gasteiger partial charge in [0.1, 0.15) is 5.75 Å². The number of benzene rings is 1. The highest BCUT2D eigenvalue weighted by Crippen LogP contribution is 2.37. The molecule has 1 aromatic heterocycles. The maximum atomic E-state index is 5.81. The first kappa shape index (κ1) is 13.9. The van der Waals surface area contributed by atoms with Crippen LogP contribution in [0.2, 0.25) is 0 Å². The predicted octanol–water partition coefficient (Wildman–Crippen LogP) is 3.78. The van der Waals surface area contributed by atoms with Crippen LogP contribution in [0.15, 0.2) is 30.5 Å². The van der Waals surface area contributed by atoms with Crippen molar-refractivity contribution in [2.24, 2.45) is 0 Å². The number of nitrogens with two attached hydrogens (primary N) is 1. The lowest BCUT2D eigenvalue weighted by Crippen LogP contribution is -2.09. The molecule has 1 saturated carbocycles. The maximum Gasteiger partial charge on any atom is 0.220 e. The molecule has 1 aromatic carbocycles. The first-order valence-electron chi connectivity index (χ1n) is 7.55. The Kier molecular flexibility index (Phi) is 4.04. The lowest BCUT2D eigenvalue weighted by atomic mass is 9.83. The van der Waals surface area contributed by atoms with Gasteiger partial charge in [0.15, 0.2) is 0 Å². The molecule has 2 N–H and O–H groups in total. The van der Waals surface area contributed by atoms with Gasteiger partial charge in [-0.1, -0.05) is 31.4 Å². The van der Waals surface area contributed by atoms with Gasteiger partial charge in [-0.15, -0.1) is 0 Å². The van der Waals surface area contributed by atoms with Crippen LogP contribution in [0, 0.1) is 0 Å². The summed E-state index contributed by atoms with van der Waals surface area (Å²) < 4.78 is 5.32. The number of hydrogen-bond donors (Lipinski definition) is 1. The summed E-state index contributed by atoms with van der Waals surface area (Å²) in [6, 6.07) is 7.98. The van der Waals surface area contributed by atoms with Gasteiger partial charge in [0.25, 0.3) is 0 Å². The third-order valence-corrected chi connectivity index (χ3v) is 4.22. The molecule has 4 heteroatoms. The minimum atomic E-state index is 0.326. The van der Waals surface area contributed by atoms with Crippen LogP contribution in [0.4, 0.5) is 5.95 Å². The minimum Gasteiger partial charge on any atom is -0.497 e. The number of nitrogens with zero attached hydrogens (tertiary/aromatic N) is 2. The molecule has 0 aliphatic heterocycles. The van der Waals surface area contributed by atoms with Gasteiger partial charge in [-0.25, -0.2) is 9.97 Å². The zero-order chi connectivity index (χ0) is 14.7. The molecule has 3 rings (SSSR count). The average Bonchev–Trinajstić information content (AvgIpc) is 2.55. The number of rotatable bonds is 3. The van der Waals surface area contributed by atoms with Crippen LogP contribution in [-0.2, 0) is 0 Å². The number of methoxy groups -OCH3 is 1. The van der Waals surface area contributed by atoms with Gasteiger partial charge < -0.3 is 10.5 Å². The van der Waals surface area contributed by atoms with Crippen LogP contribution < -0.4 is 10.5 Å². The van der Waals surface area contributed by atoms with E-state index in [0.29, 0.717) is 11.9 Å². The van der Waals surface area contributed by atoms with E-state index in [-0.39, 0.29) is 0 Å². The van der Waals surface area contributed by atoms with E-state index in [1.165, 1.54) is 37.7 Å². The van der Waals surface area contributed by atoms with Crippen LogP contribution in [0.3, 0.4) is 0 Å². The molecule has 0 atom stereocenters. The van der Waals surface area contributed by atoms with Crippen LogP contribution in [0.25, 0.3) is 11.3 Å². The fraction of sp³-hybridized carbons (Fsp3) is 0.412. The van der Waals surface area contributed by atoms with Gasteiger partial charge >= 0.3 is 0 Å². The van der Waals surface area contributed by atoms with Gasteiger partial charge in [-0.2, -0.15) is 0 Å². The second-order valence-electron chi connectivity index (χ2n) is 5.60. The fourth-order valence-electron chi connectivity index (χ4n) is 3.12. The summed E-state index contributed by atoms with van der Waals surface area (Å²) in [5.41, 5.74) is 9.03. The van der Waals surface area contributed by atoms with Crippen molar-refractivity contribution in [1.29, 1.82) is 0 Å². The van der Waals surface area contributed by atoms with E-state index >= 15 is 0 Å². The molecule has 21 heavy (non-hydrogen) atoms. The van der Waals surface area contributed by atoms with Gasteiger partial charge in [0, 0.05) is 17.3 Å². The molecule has 4 nitrogen and oxygen atoms in total. The molecule has 2 aromatic rings. The van der Waals surface area contributed by atoms with Crippen molar-refractivity contribution in [2.75, 3.05) is 12.8 Å². The van der Waals surface area contributed by atoms with Gasteiger partial charge in [-0.3, -0.25) is 0 Å². The van der Waals surface area contributed by atoms with E-state index in [9.17, 15) is 0 Å². The Morgan fingerprint density at radius 2 is 2.00 bits per heavy atom. The molecule has 0 amide bonds. The average molecular weight is 283 g/mol. The van der Waals surface area contributed by atoms with E-state index in [2.05, 4.69) is 16.0 Å². The van der Waals surface area contributed by atoms with Crippen LogP contribution in [0.1, 0.15) is 43.6 Å². The van der Waals surface area contributed by atoms with Gasteiger partial charge in [0.2, 0.25) is 5.95 Å². The predicted molar refractivity (Wildman–Crippen MR) is 84.3 cm³/mol. The third kappa shape index (κ3) is 2.99. The zero-order valence-corrected chi connectivity index (χ0v) is 12.4. The lowest BCUT2D eigenvalue weighted by molar-refractivity contribution is 0.415. The van der Waals surface area contributed by atoms with Crippen LogP contribution in [-0.4, -0.2) is 17.1 Å². The number of anilines is 1. The smallest absolute Gasteiger partial charge is 0.220 e. The van der Waals surface area contributed by atoms with Gasteiger partial charge in [0.05, 0.1) is 12.8 Å². The Bertz CT molecular complexity index is 621. The molecule has 0 unspecified atom stereocenters. The lowest BCUT2D eigenvalue weighted by Gasteiger charge is -2.23. The molecular formula is C17H21N3O. The minimum absolute atomic E-state index is 0.326. The SMILES string of the molecule is COc1cccc(-c2nc(N)ncc2C2CCCCC2)c1. The van der Waals surface area contributed by atoms with Gasteiger partial charge in [-0.05, 0) is 30.9 Å². The molecule has 1 aliphatic rings. The normalized spacial score (nSPS) is 15.9. The zero-order valence-electron chi connectivity index (χ0n) is 12.4. The van der Waals surface area contributed by atoms with Crippen LogP contribution >= 0.6 is 0 Å².